The van der Waals surface area contributed by atoms with Crippen LogP contribution < -0.4 is 15.8 Å². The summed E-state index contributed by atoms with van der Waals surface area (Å²) in [6.07, 6.45) is 5.36. The second-order valence-corrected chi connectivity index (χ2v) is 7.59. The van der Waals surface area contributed by atoms with E-state index in [0.29, 0.717) is 18.2 Å². The topological polar surface area (TPSA) is 61.4 Å². The summed E-state index contributed by atoms with van der Waals surface area (Å²) in [6.45, 7) is 0.551. The second-order valence-electron chi connectivity index (χ2n) is 7.59. The van der Waals surface area contributed by atoms with Crippen LogP contribution in [-0.4, -0.2) is 17.9 Å². The Morgan fingerprint density at radius 1 is 0.871 bits per heavy atom. The van der Waals surface area contributed by atoms with E-state index in [1.54, 1.807) is 18.2 Å². The van der Waals surface area contributed by atoms with Crippen molar-refractivity contribution < 1.29 is 9.59 Å². The van der Waals surface area contributed by atoms with E-state index in [4.69, 9.17) is 0 Å². The maximum atomic E-state index is 12.6. The van der Waals surface area contributed by atoms with Gasteiger partial charge in [0.15, 0.2) is 0 Å². The van der Waals surface area contributed by atoms with Crippen LogP contribution in [0.4, 0.5) is 5.69 Å². The molecule has 156 valence electrons. The number of hydrogen-bond donors (Lipinski definition) is 2. The summed E-state index contributed by atoms with van der Waals surface area (Å²) in [5, 5.41) is 4.80. The van der Waals surface area contributed by atoms with Crippen LogP contribution in [-0.2, 0) is 11.3 Å². The fourth-order valence-corrected chi connectivity index (χ4v) is 3.15. The third-order valence-corrected chi connectivity index (χ3v) is 5.01. The average Bonchev–Trinajstić information content (AvgIpc) is 3.63. The molecule has 3 aromatic carbocycles. The Kier molecular flexibility index (Phi) is 6.43. The first-order chi connectivity index (χ1) is 15.2. The van der Waals surface area contributed by atoms with E-state index in [-0.39, 0.29) is 11.8 Å². The highest BCUT2D eigenvalue weighted by Crippen LogP contribution is 2.19. The predicted molar refractivity (Wildman–Crippen MR) is 123 cm³/mol. The Hall–Kier alpha value is -3.86. The lowest BCUT2D eigenvalue weighted by molar-refractivity contribution is -0.116. The van der Waals surface area contributed by atoms with Crippen molar-refractivity contribution in [3.63, 3.8) is 0 Å². The van der Waals surface area contributed by atoms with Gasteiger partial charge >= 0.3 is 0 Å². The van der Waals surface area contributed by atoms with Crippen LogP contribution in [0.15, 0.2) is 91.0 Å². The molecule has 1 aliphatic rings. The molecule has 0 radical (unpaired) electrons. The minimum atomic E-state index is -0.227. The van der Waals surface area contributed by atoms with Crippen molar-refractivity contribution >= 4 is 23.6 Å². The van der Waals surface area contributed by atoms with Gasteiger partial charge in [-0.2, -0.15) is 0 Å². The number of para-hydroxylation sites is 1. The van der Waals surface area contributed by atoms with E-state index in [1.807, 2.05) is 77.8 Å². The standard InChI is InChI=1S/C26H25N3O2/c30-25(18-13-20-11-14-22(15-12-20)26(31)27-23-16-17-23)28-29(24-9-5-2-6-10-24)19-21-7-3-1-4-8-21/h1-15,18,23H,16-17,19H2,(H,27,31)(H,28,30). The van der Waals surface area contributed by atoms with Crippen LogP contribution >= 0.6 is 0 Å². The molecule has 2 amide bonds. The van der Waals surface area contributed by atoms with Gasteiger partial charge in [-0.1, -0.05) is 60.7 Å². The zero-order valence-corrected chi connectivity index (χ0v) is 17.2. The first kappa shape index (κ1) is 20.4. The first-order valence-corrected chi connectivity index (χ1v) is 10.4. The Labute approximate surface area is 182 Å². The molecule has 1 fully saturated rings. The van der Waals surface area contributed by atoms with Crippen LogP contribution in [0, 0.1) is 0 Å². The number of nitrogens with zero attached hydrogens (tertiary/aromatic N) is 1. The highest BCUT2D eigenvalue weighted by atomic mass is 16.2. The zero-order chi connectivity index (χ0) is 21.5. The Morgan fingerprint density at radius 3 is 2.16 bits per heavy atom. The molecule has 0 saturated heterocycles. The van der Waals surface area contributed by atoms with Crippen LogP contribution in [0.5, 0.6) is 0 Å². The maximum absolute atomic E-state index is 12.6. The van der Waals surface area contributed by atoms with Crippen molar-refractivity contribution in [2.24, 2.45) is 0 Å². The molecular weight excluding hydrogens is 386 g/mol. The zero-order valence-electron chi connectivity index (χ0n) is 17.2. The Balaban J connectivity index is 1.39. The molecule has 1 saturated carbocycles. The van der Waals surface area contributed by atoms with E-state index in [9.17, 15) is 9.59 Å². The van der Waals surface area contributed by atoms with Gasteiger partial charge in [-0.05, 0) is 54.3 Å². The first-order valence-electron chi connectivity index (χ1n) is 10.4. The molecule has 1 aliphatic carbocycles. The molecule has 5 heteroatoms. The number of amides is 2. The van der Waals surface area contributed by atoms with Crippen molar-refractivity contribution in [3.8, 4) is 0 Å². The average molecular weight is 412 g/mol. The third kappa shape index (κ3) is 6.06. The molecule has 31 heavy (non-hydrogen) atoms. The number of benzene rings is 3. The van der Waals surface area contributed by atoms with E-state index < -0.39 is 0 Å². The Morgan fingerprint density at radius 2 is 1.52 bits per heavy atom. The van der Waals surface area contributed by atoms with E-state index in [0.717, 1.165) is 29.7 Å². The second kappa shape index (κ2) is 9.76. The quantitative estimate of drug-likeness (QED) is 0.428. The smallest absolute Gasteiger partial charge is 0.262 e. The van der Waals surface area contributed by atoms with Crippen LogP contribution in [0.25, 0.3) is 6.08 Å². The molecule has 0 aromatic heterocycles. The maximum Gasteiger partial charge on any atom is 0.262 e. The number of rotatable bonds is 8. The van der Waals surface area contributed by atoms with Gasteiger partial charge in [-0.3, -0.25) is 20.0 Å². The van der Waals surface area contributed by atoms with E-state index in [1.165, 1.54) is 6.08 Å². The van der Waals surface area contributed by atoms with Crippen LogP contribution in [0.3, 0.4) is 0 Å². The molecular formula is C26H25N3O2. The highest BCUT2D eigenvalue weighted by molar-refractivity contribution is 5.95. The Bertz CT molecular complexity index is 1040. The number of carbonyl (C=O) groups is 2. The van der Waals surface area contributed by atoms with Crippen molar-refractivity contribution in [2.45, 2.75) is 25.4 Å². The minimum absolute atomic E-state index is 0.0461. The number of nitrogens with one attached hydrogen (secondary N) is 2. The van der Waals surface area contributed by atoms with Gasteiger partial charge in [0, 0.05) is 17.7 Å². The van der Waals surface area contributed by atoms with E-state index >= 15 is 0 Å². The van der Waals surface area contributed by atoms with Gasteiger partial charge in [0.25, 0.3) is 11.8 Å². The van der Waals surface area contributed by atoms with Gasteiger partial charge < -0.3 is 5.32 Å². The van der Waals surface area contributed by atoms with Gasteiger partial charge in [-0.25, -0.2) is 0 Å². The summed E-state index contributed by atoms with van der Waals surface area (Å²) >= 11 is 0. The SMILES string of the molecule is O=C(C=Cc1ccc(C(=O)NC2CC2)cc1)NN(Cc1ccccc1)c1ccccc1. The van der Waals surface area contributed by atoms with Gasteiger partial charge in [0.1, 0.15) is 0 Å². The molecule has 2 N–H and O–H groups in total. The lowest BCUT2D eigenvalue weighted by atomic mass is 10.1. The molecule has 3 aromatic rings. The monoisotopic (exact) mass is 411 g/mol. The van der Waals surface area contributed by atoms with Crippen LogP contribution in [0.1, 0.15) is 34.3 Å². The molecule has 0 atom stereocenters. The molecule has 0 bridgehead atoms. The molecule has 0 unspecified atom stereocenters. The number of hydrogen-bond acceptors (Lipinski definition) is 3. The molecule has 0 aliphatic heterocycles. The van der Waals surface area contributed by atoms with Crippen molar-refractivity contribution in [2.75, 3.05) is 5.01 Å². The van der Waals surface area contributed by atoms with Crippen molar-refractivity contribution in [3.05, 3.63) is 108 Å². The fraction of sp³-hybridized carbons (Fsp3) is 0.154. The summed E-state index contributed by atoms with van der Waals surface area (Å²) in [7, 11) is 0. The van der Waals surface area contributed by atoms with Crippen molar-refractivity contribution in [1.82, 2.24) is 10.7 Å². The minimum Gasteiger partial charge on any atom is -0.349 e. The van der Waals surface area contributed by atoms with Gasteiger partial charge in [0.2, 0.25) is 0 Å². The number of hydrazine groups is 1. The molecule has 0 spiro atoms. The fourth-order valence-electron chi connectivity index (χ4n) is 3.15. The lowest BCUT2D eigenvalue weighted by Crippen LogP contribution is -2.41. The third-order valence-electron chi connectivity index (χ3n) is 5.01. The van der Waals surface area contributed by atoms with E-state index in [2.05, 4.69) is 10.7 Å². The van der Waals surface area contributed by atoms with Gasteiger partial charge in [-0.15, -0.1) is 0 Å². The summed E-state index contributed by atoms with van der Waals surface area (Å²) in [6, 6.07) is 27.3. The number of carbonyl (C=O) groups excluding carboxylic acids is 2. The molecule has 4 rings (SSSR count). The van der Waals surface area contributed by atoms with Crippen LogP contribution in [0.2, 0.25) is 0 Å². The predicted octanol–water partition coefficient (Wildman–Crippen LogP) is 4.33. The highest BCUT2D eigenvalue weighted by Gasteiger charge is 2.23. The molecule has 5 nitrogen and oxygen atoms in total. The van der Waals surface area contributed by atoms with Crippen molar-refractivity contribution in [1.29, 1.82) is 0 Å². The summed E-state index contributed by atoms with van der Waals surface area (Å²) < 4.78 is 0. The largest absolute Gasteiger partial charge is 0.349 e. The number of anilines is 1. The lowest BCUT2D eigenvalue weighted by Gasteiger charge is -2.25. The normalized spacial score (nSPS) is 13.0. The molecule has 0 heterocycles. The van der Waals surface area contributed by atoms with Gasteiger partial charge in [0.05, 0.1) is 12.2 Å². The summed E-state index contributed by atoms with van der Waals surface area (Å²) in [5.41, 5.74) is 6.43. The summed E-state index contributed by atoms with van der Waals surface area (Å²) in [5.74, 6) is -0.273. The summed E-state index contributed by atoms with van der Waals surface area (Å²) in [4.78, 5) is 24.7.